The lowest BCUT2D eigenvalue weighted by Crippen LogP contribution is -2.35. The third kappa shape index (κ3) is 3.63. The molecule has 1 aromatic rings. The number of nitrogens with one attached hydrogen (secondary N) is 1. The summed E-state index contributed by atoms with van der Waals surface area (Å²) in [4.78, 5) is 13.6. The molecule has 0 radical (unpaired) electrons. The molecule has 0 bridgehead atoms. The van der Waals surface area contributed by atoms with Crippen LogP contribution < -0.4 is 11.1 Å². The number of nitrogens with two attached hydrogens (primary N) is 1. The molecule has 1 aliphatic rings. The zero-order valence-corrected chi connectivity index (χ0v) is 11.9. The molecule has 1 heterocycles. The number of carboxylic acids is 1. The van der Waals surface area contributed by atoms with Gasteiger partial charge in [0.2, 0.25) is 0 Å². The molecule has 110 valence electrons. The van der Waals surface area contributed by atoms with Gasteiger partial charge in [0, 0.05) is 12.2 Å². The maximum Gasteiger partial charge on any atom is 0.337 e. The summed E-state index contributed by atoms with van der Waals surface area (Å²) >= 11 is 0. The van der Waals surface area contributed by atoms with Crippen LogP contribution >= 0.6 is 0 Å². The minimum Gasteiger partial charge on any atom is -0.478 e. The number of piperidine rings is 1. The van der Waals surface area contributed by atoms with E-state index < -0.39 is 5.97 Å². The number of nitrogens with zero attached hydrogens (tertiary/aromatic N) is 1. The van der Waals surface area contributed by atoms with Crippen molar-refractivity contribution < 1.29 is 9.90 Å². The Bertz CT molecular complexity index is 468. The van der Waals surface area contributed by atoms with Gasteiger partial charge in [-0.05, 0) is 56.6 Å². The topological polar surface area (TPSA) is 78.6 Å². The Labute approximate surface area is 119 Å². The molecule has 5 nitrogen and oxygen atoms in total. The summed E-state index contributed by atoms with van der Waals surface area (Å²) in [5, 5.41) is 12.4. The molecule has 0 aromatic heterocycles. The fourth-order valence-electron chi connectivity index (χ4n) is 2.66. The van der Waals surface area contributed by atoms with Gasteiger partial charge in [0.25, 0.3) is 0 Å². The van der Waals surface area contributed by atoms with Crippen molar-refractivity contribution in [3.8, 4) is 0 Å². The van der Waals surface area contributed by atoms with E-state index in [1.54, 1.807) is 18.2 Å². The maximum absolute atomic E-state index is 11.2. The Kier molecular flexibility index (Phi) is 4.84. The molecule has 1 aliphatic heterocycles. The quantitative estimate of drug-likeness (QED) is 0.718. The molecule has 1 fully saturated rings. The number of hydrogen-bond acceptors (Lipinski definition) is 4. The molecule has 1 saturated heterocycles. The number of likely N-dealkylation sites (tertiary alicyclic amines) is 1. The van der Waals surface area contributed by atoms with Gasteiger partial charge >= 0.3 is 5.97 Å². The molecule has 0 spiro atoms. The van der Waals surface area contributed by atoms with Gasteiger partial charge in [0.1, 0.15) is 0 Å². The van der Waals surface area contributed by atoms with E-state index in [-0.39, 0.29) is 5.56 Å². The Morgan fingerprint density at radius 1 is 1.45 bits per heavy atom. The smallest absolute Gasteiger partial charge is 0.337 e. The number of benzene rings is 1. The van der Waals surface area contributed by atoms with Crippen LogP contribution in [0.4, 0.5) is 11.4 Å². The largest absolute Gasteiger partial charge is 0.478 e. The van der Waals surface area contributed by atoms with Crippen LogP contribution in [0.1, 0.15) is 30.1 Å². The summed E-state index contributed by atoms with van der Waals surface area (Å²) < 4.78 is 0. The van der Waals surface area contributed by atoms with Crippen LogP contribution in [0.2, 0.25) is 0 Å². The van der Waals surface area contributed by atoms with Crippen LogP contribution in [0.3, 0.4) is 0 Å². The maximum atomic E-state index is 11.2. The van der Waals surface area contributed by atoms with Crippen LogP contribution in [0.15, 0.2) is 18.2 Å². The molecule has 1 aromatic carbocycles. The minimum absolute atomic E-state index is 0.283. The van der Waals surface area contributed by atoms with Crippen LogP contribution in [0.5, 0.6) is 0 Å². The second kappa shape index (κ2) is 6.61. The first-order valence-electron chi connectivity index (χ1n) is 7.19. The number of carbonyl (C=O) groups is 1. The van der Waals surface area contributed by atoms with Crippen molar-refractivity contribution in [2.75, 3.05) is 37.2 Å². The standard InChI is InChI=1S/C15H23N3O2/c1-2-18-7-5-11(6-8-18)10-17-14-9-12(16)3-4-13(14)15(19)20/h3-4,9,11,17H,2,5-8,10,16H2,1H3,(H,19,20). The molecule has 5 heteroatoms. The number of anilines is 2. The number of nitrogen functional groups attached to an aromatic ring is 1. The Morgan fingerprint density at radius 2 is 2.15 bits per heavy atom. The van der Waals surface area contributed by atoms with Crippen LogP contribution in [-0.2, 0) is 0 Å². The van der Waals surface area contributed by atoms with Gasteiger partial charge in [0.05, 0.1) is 11.3 Å². The molecule has 0 aliphatic carbocycles. The zero-order valence-electron chi connectivity index (χ0n) is 11.9. The van der Waals surface area contributed by atoms with Crippen molar-refractivity contribution in [2.24, 2.45) is 5.92 Å². The van der Waals surface area contributed by atoms with Crippen molar-refractivity contribution in [1.82, 2.24) is 4.90 Å². The average molecular weight is 277 g/mol. The lowest BCUT2D eigenvalue weighted by Gasteiger charge is -2.31. The lowest BCUT2D eigenvalue weighted by molar-refractivity contribution is 0.0698. The third-order valence-electron chi connectivity index (χ3n) is 4.01. The normalized spacial score (nSPS) is 17.1. The Hall–Kier alpha value is -1.75. The summed E-state index contributed by atoms with van der Waals surface area (Å²) in [7, 11) is 0. The Morgan fingerprint density at radius 3 is 2.75 bits per heavy atom. The number of rotatable bonds is 5. The van der Waals surface area contributed by atoms with Gasteiger partial charge in [0.15, 0.2) is 0 Å². The first kappa shape index (κ1) is 14.7. The first-order valence-corrected chi connectivity index (χ1v) is 7.19. The van der Waals surface area contributed by atoms with E-state index in [1.807, 2.05) is 0 Å². The van der Waals surface area contributed by atoms with Gasteiger partial charge in [-0.3, -0.25) is 0 Å². The van der Waals surface area contributed by atoms with Gasteiger partial charge in [-0.25, -0.2) is 4.79 Å². The van der Waals surface area contributed by atoms with E-state index in [0.717, 1.165) is 39.0 Å². The monoisotopic (exact) mass is 277 g/mol. The fourth-order valence-corrected chi connectivity index (χ4v) is 2.66. The van der Waals surface area contributed by atoms with Crippen LogP contribution in [-0.4, -0.2) is 42.2 Å². The molecule has 20 heavy (non-hydrogen) atoms. The molecule has 0 unspecified atom stereocenters. The summed E-state index contributed by atoms with van der Waals surface area (Å²) in [6.45, 7) is 6.36. The van der Waals surface area contributed by atoms with Crippen molar-refractivity contribution in [3.05, 3.63) is 23.8 Å². The van der Waals surface area contributed by atoms with Crippen LogP contribution in [0.25, 0.3) is 0 Å². The molecule has 2 rings (SSSR count). The average Bonchev–Trinajstić information content (AvgIpc) is 2.45. The highest BCUT2D eigenvalue weighted by atomic mass is 16.4. The molecule has 4 N–H and O–H groups in total. The number of aromatic carboxylic acids is 1. The van der Waals surface area contributed by atoms with E-state index in [0.29, 0.717) is 17.3 Å². The minimum atomic E-state index is -0.923. The lowest BCUT2D eigenvalue weighted by atomic mass is 9.96. The first-order chi connectivity index (χ1) is 9.60. The van der Waals surface area contributed by atoms with Gasteiger partial charge in [-0.1, -0.05) is 6.92 Å². The van der Waals surface area contributed by atoms with Crippen molar-refractivity contribution >= 4 is 17.3 Å². The summed E-state index contributed by atoms with van der Waals surface area (Å²) in [5.74, 6) is -0.325. The van der Waals surface area contributed by atoms with E-state index in [4.69, 9.17) is 5.73 Å². The van der Waals surface area contributed by atoms with Gasteiger partial charge in [-0.15, -0.1) is 0 Å². The van der Waals surface area contributed by atoms with Gasteiger partial charge < -0.3 is 21.1 Å². The SMILES string of the molecule is CCN1CCC(CNc2cc(N)ccc2C(=O)O)CC1. The summed E-state index contributed by atoms with van der Waals surface area (Å²) in [6, 6.07) is 4.87. The second-order valence-electron chi connectivity index (χ2n) is 5.37. The predicted octanol–water partition coefficient (Wildman–Crippen LogP) is 2.11. The van der Waals surface area contributed by atoms with Gasteiger partial charge in [-0.2, -0.15) is 0 Å². The van der Waals surface area contributed by atoms with E-state index >= 15 is 0 Å². The van der Waals surface area contributed by atoms with Crippen molar-refractivity contribution in [3.63, 3.8) is 0 Å². The number of carboxylic acid groups (broad SMARTS) is 1. The molecular weight excluding hydrogens is 254 g/mol. The van der Waals surface area contributed by atoms with E-state index in [9.17, 15) is 9.90 Å². The predicted molar refractivity (Wildman–Crippen MR) is 81.1 cm³/mol. The highest BCUT2D eigenvalue weighted by molar-refractivity contribution is 5.95. The van der Waals surface area contributed by atoms with E-state index in [2.05, 4.69) is 17.1 Å². The molecular formula is C15H23N3O2. The molecule has 0 atom stereocenters. The fraction of sp³-hybridized carbons (Fsp3) is 0.533. The molecule has 0 amide bonds. The summed E-state index contributed by atoms with van der Waals surface area (Å²) in [5.41, 5.74) is 7.22. The van der Waals surface area contributed by atoms with Crippen LogP contribution in [0, 0.1) is 5.92 Å². The number of hydrogen-bond donors (Lipinski definition) is 3. The van der Waals surface area contributed by atoms with Crippen molar-refractivity contribution in [2.45, 2.75) is 19.8 Å². The highest BCUT2D eigenvalue weighted by Gasteiger charge is 2.18. The van der Waals surface area contributed by atoms with Crippen molar-refractivity contribution in [1.29, 1.82) is 0 Å². The van der Waals surface area contributed by atoms with E-state index in [1.165, 1.54) is 0 Å². The Balaban J connectivity index is 1.94. The summed E-state index contributed by atoms with van der Waals surface area (Å²) in [6.07, 6.45) is 2.32. The molecule has 0 saturated carbocycles. The third-order valence-corrected chi connectivity index (χ3v) is 4.01. The zero-order chi connectivity index (χ0) is 14.5. The highest BCUT2D eigenvalue weighted by Crippen LogP contribution is 2.22. The second-order valence-corrected chi connectivity index (χ2v) is 5.37.